The van der Waals surface area contributed by atoms with Crippen LogP contribution in [0.4, 0.5) is 0 Å². The predicted octanol–water partition coefficient (Wildman–Crippen LogP) is 2.05. The second kappa shape index (κ2) is 7.68. The number of hydrogen-bond donors (Lipinski definition) is 0. The molecular formula is C16H24N2O3S2. The third kappa shape index (κ3) is 4.96. The number of carbonyl (C=O) groups is 1. The number of rotatable bonds is 5. The van der Waals surface area contributed by atoms with Crippen molar-refractivity contribution in [3.8, 4) is 0 Å². The molecule has 23 heavy (non-hydrogen) atoms. The van der Waals surface area contributed by atoms with E-state index in [9.17, 15) is 13.2 Å². The first-order valence-corrected chi connectivity index (χ1v) is 10.5. The van der Waals surface area contributed by atoms with E-state index >= 15 is 0 Å². The van der Waals surface area contributed by atoms with Gasteiger partial charge >= 0.3 is 0 Å². The van der Waals surface area contributed by atoms with Crippen LogP contribution >= 0.6 is 11.8 Å². The third-order valence-corrected chi connectivity index (χ3v) is 6.66. The van der Waals surface area contributed by atoms with Gasteiger partial charge in [-0.25, -0.2) is 12.7 Å². The zero-order valence-electron chi connectivity index (χ0n) is 13.8. The van der Waals surface area contributed by atoms with Crippen LogP contribution in [0.2, 0.25) is 0 Å². The van der Waals surface area contributed by atoms with Gasteiger partial charge in [-0.1, -0.05) is 18.2 Å². The number of hydrogen-bond acceptors (Lipinski definition) is 4. The van der Waals surface area contributed by atoms with Gasteiger partial charge in [0.05, 0.1) is 11.5 Å². The lowest BCUT2D eigenvalue weighted by atomic mass is 10.1. The van der Waals surface area contributed by atoms with Crippen molar-refractivity contribution in [2.24, 2.45) is 0 Å². The number of nitrogens with zero attached hydrogens (tertiary/aromatic N) is 2. The van der Waals surface area contributed by atoms with E-state index in [0.29, 0.717) is 25.9 Å². The first-order valence-electron chi connectivity index (χ1n) is 7.72. The van der Waals surface area contributed by atoms with Crippen LogP contribution in [-0.4, -0.2) is 61.2 Å². The van der Waals surface area contributed by atoms with Gasteiger partial charge in [0.2, 0.25) is 15.9 Å². The molecule has 1 aromatic rings. The number of piperidine rings is 1. The Morgan fingerprint density at radius 1 is 1.26 bits per heavy atom. The lowest BCUT2D eigenvalue weighted by Crippen LogP contribution is -2.48. The molecule has 0 aromatic heterocycles. The maximum atomic E-state index is 12.5. The van der Waals surface area contributed by atoms with E-state index in [0.717, 1.165) is 4.90 Å². The van der Waals surface area contributed by atoms with Crippen LogP contribution in [0.5, 0.6) is 0 Å². The maximum Gasteiger partial charge on any atom is 0.235 e. The number of likely N-dealkylation sites (tertiary alicyclic amines) is 1. The highest BCUT2D eigenvalue weighted by Gasteiger charge is 2.30. The lowest BCUT2D eigenvalue weighted by Gasteiger charge is -2.36. The minimum Gasteiger partial charge on any atom is -0.342 e. The third-order valence-electron chi connectivity index (χ3n) is 4.22. The monoisotopic (exact) mass is 356 g/mol. The number of thioether (sulfide) groups is 1. The van der Waals surface area contributed by atoms with E-state index in [1.807, 2.05) is 42.2 Å². The van der Waals surface area contributed by atoms with Crippen LogP contribution < -0.4 is 0 Å². The largest absolute Gasteiger partial charge is 0.342 e. The van der Waals surface area contributed by atoms with Crippen LogP contribution in [0.15, 0.2) is 35.2 Å². The normalized spacial score (nSPS) is 18.2. The molecule has 1 saturated heterocycles. The summed E-state index contributed by atoms with van der Waals surface area (Å²) in [5, 5.41) is -0.137. The summed E-state index contributed by atoms with van der Waals surface area (Å²) in [6, 6.07) is 9.88. The highest BCUT2D eigenvalue weighted by molar-refractivity contribution is 8.00. The molecule has 0 bridgehead atoms. The number of benzene rings is 1. The van der Waals surface area contributed by atoms with Crippen molar-refractivity contribution in [2.45, 2.75) is 36.0 Å². The average molecular weight is 357 g/mol. The van der Waals surface area contributed by atoms with Crippen LogP contribution in [0.3, 0.4) is 0 Å². The Bertz CT molecular complexity index is 626. The molecule has 1 aliphatic rings. The lowest BCUT2D eigenvalue weighted by molar-refractivity contribution is -0.131. The van der Waals surface area contributed by atoms with Gasteiger partial charge in [-0.3, -0.25) is 4.79 Å². The molecule has 0 aliphatic carbocycles. The van der Waals surface area contributed by atoms with Crippen molar-refractivity contribution >= 4 is 27.7 Å². The minimum atomic E-state index is -3.17. The van der Waals surface area contributed by atoms with Gasteiger partial charge in [0.25, 0.3) is 0 Å². The smallest absolute Gasteiger partial charge is 0.235 e. The number of sulfonamides is 1. The molecule has 2 rings (SSSR count). The molecule has 1 unspecified atom stereocenters. The fraction of sp³-hybridized carbons (Fsp3) is 0.562. The van der Waals surface area contributed by atoms with Crippen LogP contribution in [0.1, 0.15) is 19.8 Å². The van der Waals surface area contributed by atoms with Crippen LogP contribution in [0.25, 0.3) is 0 Å². The fourth-order valence-electron chi connectivity index (χ4n) is 2.73. The van der Waals surface area contributed by atoms with Gasteiger partial charge in [0, 0.05) is 31.1 Å². The van der Waals surface area contributed by atoms with E-state index in [1.54, 1.807) is 18.8 Å². The Morgan fingerprint density at radius 3 is 2.35 bits per heavy atom. The molecule has 5 nitrogen and oxygen atoms in total. The summed E-state index contributed by atoms with van der Waals surface area (Å²) >= 11 is 1.56. The molecule has 0 saturated carbocycles. The summed E-state index contributed by atoms with van der Waals surface area (Å²) in [6.07, 6.45) is 2.61. The Morgan fingerprint density at radius 2 is 1.83 bits per heavy atom. The quantitative estimate of drug-likeness (QED) is 0.758. The Hall–Kier alpha value is -1.05. The fourth-order valence-corrected chi connectivity index (χ4v) is 4.46. The summed E-state index contributed by atoms with van der Waals surface area (Å²) in [6.45, 7) is 3.15. The highest BCUT2D eigenvalue weighted by atomic mass is 32.2. The molecule has 128 valence electrons. The van der Waals surface area contributed by atoms with E-state index in [2.05, 4.69) is 0 Å². The molecule has 1 aliphatic heterocycles. The second-order valence-corrected chi connectivity index (χ2v) is 9.37. The van der Waals surface area contributed by atoms with E-state index < -0.39 is 10.0 Å². The van der Waals surface area contributed by atoms with E-state index in [1.165, 1.54) is 10.6 Å². The van der Waals surface area contributed by atoms with Gasteiger partial charge < -0.3 is 4.90 Å². The second-order valence-electron chi connectivity index (χ2n) is 5.91. The maximum absolute atomic E-state index is 12.5. The molecule has 0 spiro atoms. The molecule has 1 atom stereocenters. The van der Waals surface area contributed by atoms with Gasteiger partial charge in [0.15, 0.2) is 0 Å². The van der Waals surface area contributed by atoms with Gasteiger partial charge in [-0.2, -0.15) is 0 Å². The molecule has 1 aromatic carbocycles. The van der Waals surface area contributed by atoms with Crippen molar-refractivity contribution in [1.82, 2.24) is 9.21 Å². The standard InChI is InChI=1S/C16H24N2O3S2/c1-13(22-15-7-5-4-6-8-15)16(19)18-11-9-14(10-12-18)17(2)23(3,20)21/h4-8,13-14H,9-12H2,1-3H3. The van der Waals surface area contributed by atoms with Gasteiger partial charge in [0.1, 0.15) is 0 Å². The van der Waals surface area contributed by atoms with E-state index in [-0.39, 0.29) is 17.2 Å². The molecule has 7 heteroatoms. The van der Waals surface area contributed by atoms with Crippen molar-refractivity contribution in [2.75, 3.05) is 26.4 Å². The molecule has 0 N–H and O–H groups in total. The Balaban J connectivity index is 1.88. The number of amides is 1. The summed E-state index contributed by atoms with van der Waals surface area (Å²) in [5.41, 5.74) is 0. The minimum absolute atomic E-state index is 0.00821. The SMILES string of the molecule is CC(Sc1ccccc1)C(=O)N1CCC(N(C)S(C)(=O)=O)CC1. The first kappa shape index (κ1) is 18.3. The van der Waals surface area contributed by atoms with Crippen molar-refractivity contribution < 1.29 is 13.2 Å². The van der Waals surface area contributed by atoms with Crippen LogP contribution in [-0.2, 0) is 14.8 Å². The van der Waals surface area contributed by atoms with Gasteiger partial charge in [-0.05, 0) is 31.9 Å². The molecule has 1 fully saturated rings. The zero-order valence-corrected chi connectivity index (χ0v) is 15.4. The summed E-state index contributed by atoms with van der Waals surface area (Å²) in [5.74, 6) is 0.124. The van der Waals surface area contributed by atoms with E-state index in [4.69, 9.17) is 0 Å². The van der Waals surface area contributed by atoms with Crippen molar-refractivity contribution in [3.63, 3.8) is 0 Å². The van der Waals surface area contributed by atoms with Crippen molar-refractivity contribution in [3.05, 3.63) is 30.3 Å². The summed E-state index contributed by atoms with van der Waals surface area (Å²) in [7, 11) is -1.56. The summed E-state index contributed by atoms with van der Waals surface area (Å²) in [4.78, 5) is 15.5. The molecular weight excluding hydrogens is 332 g/mol. The molecule has 1 amide bonds. The number of carbonyl (C=O) groups excluding carboxylic acids is 1. The zero-order chi connectivity index (χ0) is 17.0. The van der Waals surface area contributed by atoms with Crippen LogP contribution in [0, 0.1) is 0 Å². The van der Waals surface area contributed by atoms with Gasteiger partial charge in [-0.15, -0.1) is 11.8 Å². The highest BCUT2D eigenvalue weighted by Crippen LogP contribution is 2.26. The Kier molecular flexibility index (Phi) is 6.11. The Labute approximate surface area is 143 Å². The first-order chi connectivity index (χ1) is 10.8. The average Bonchev–Trinajstić information content (AvgIpc) is 2.53. The molecule has 1 heterocycles. The van der Waals surface area contributed by atoms with Crippen molar-refractivity contribution in [1.29, 1.82) is 0 Å². The summed E-state index contributed by atoms with van der Waals surface area (Å²) < 4.78 is 24.6. The predicted molar refractivity (Wildman–Crippen MR) is 94.0 cm³/mol. The molecule has 0 radical (unpaired) electrons. The topological polar surface area (TPSA) is 57.7 Å².